The maximum Gasteiger partial charge on any atom is 0.0201 e. The normalized spacial score (nSPS) is 22.8. The molecule has 0 bridgehead atoms. The lowest BCUT2D eigenvalue weighted by Crippen LogP contribution is -2.34. The highest BCUT2D eigenvalue weighted by Crippen LogP contribution is 2.29. The van der Waals surface area contributed by atoms with E-state index in [0.717, 1.165) is 11.3 Å². The van der Waals surface area contributed by atoms with Gasteiger partial charge in [0.25, 0.3) is 0 Å². The molecule has 0 saturated heterocycles. The Balaban J connectivity index is 1.56. The van der Waals surface area contributed by atoms with Crippen molar-refractivity contribution in [1.82, 2.24) is 5.32 Å². The summed E-state index contributed by atoms with van der Waals surface area (Å²) in [6.07, 6.45) is 8.04. The van der Waals surface area contributed by atoms with E-state index in [1.165, 1.54) is 56.4 Å². The van der Waals surface area contributed by atoms with E-state index in [2.05, 4.69) is 54.3 Å². The lowest BCUT2D eigenvalue weighted by atomic mass is 10.1. The summed E-state index contributed by atoms with van der Waals surface area (Å²) in [5, 5.41) is 4.66. The highest BCUT2D eigenvalue weighted by molar-refractivity contribution is 7.99. The number of nitrogens with one attached hydrogen (secondary N) is 1. The van der Waals surface area contributed by atoms with Crippen LogP contribution in [0.4, 0.5) is 0 Å². The Morgan fingerprint density at radius 2 is 2.00 bits per heavy atom. The Bertz CT molecular complexity index is 338. The molecular weight excluding hydrogens is 250 g/mol. The van der Waals surface area contributed by atoms with Crippen LogP contribution in [0.15, 0.2) is 30.3 Å². The summed E-state index contributed by atoms with van der Waals surface area (Å²) in [5.74, 6) is 1.26. The summed E-state index contributed by atoms with van der Waals surface area (Å²) < 4.78 is 0. The smallest absolute Gasteiger partial charge is 0.0201 e. The molecule has 1 aromatic carbocycles. The molecule has 0 spiro atoms. The van der Waals surface area contributed by atoms with Crippen molar-refractivity contribution in [3.8, 4) is 0 Å². The predicted octanol–water partition coefficient (Wildman–Crippen LogP) is 4.27. The van der Waals surface area contributed by atoms with Crippen molar-refractivity contribution in [2.75, 3.05) is 12.3 Å². The summed E-state index contributed by atoms with van der Waals surface area (Å²) in [6, 6.07) is 11.6. The fourth-order valence-electron chi connectivity index (χ4n) is 2.96. The van der Waals surface area contributed by atoms with Gasteiger partial charge in [-0.1, -0.05) is 43.7 Å². The minimum Gasteiger partial charge on any atom is -0.313 e. The van der Waals surface area contributed by atoms with Crippen LogP contribution in [0.5, 0.6) is 0 Å². The van der Waals surface area contributed by atoms with Crippen LogP contribution in [0.1, 0.15) is 44.6 Å². The van der Waals surface area contributed by atoms with E-state index >= 15 is 0 Å². The SMILES string of the molecule is CCSC1CCCC1NCCCCc1ccccc1. The molecule has 0 radical (unpaired) electrons. The van der Waals surface area contributed by atoms with E-state index in [4.69, 9.17) is 0 Å². The van der Waals surface area contributed by atoms with Gasteiger partial charge in [0.05, 0.1) is 0 Å². The molecule has 1 fully saturated rings. The number of rotatable bonds is 8. The first-order valence-electron chi connectivity index (χ1n) is 7.79. The van der Waals surface area contributed by atoms with Crippen molar-refractivity contribution in [3.05, 3.63) is 35.9 Å². The molecule has 0 aliphatic heterocycles. The molecule has 0 aromatic heterocycles. The molecule has 2 atom stereocenters. The summed E-state index contributed by atoms with van der Waals surface area (Å²) in [5.41, 5.74) is 1.47. The minimum absolute atomic E-state index is 0.779. The Kier molecular flexibility index (Phi) is 6.80. The molecule has 106 valence electrons. The Morgan fingerprint density at radius 1 is 1.16 bits per heavy atom. The molecule has 1 saturated carbocycles. The van der Waals surface area contributed by atoms with Crippen LogP contribution in [0.25, 0.3) is 0 Å². The van der Waals surface area contributed by atoms with E-state index in [-0.39, 0.29) is 0 Å². The highest BCUT2D eigenvalue weighted by Gasteiger charge is 2.26. The zero-order valence-electron chi connectivity index (χ0n) is 12.1. The molecular formula is C17H27NS. The first-order valence-corrected chi connectivity index (χ1v) is 8.84. The number of hydrogen-bond donors (Lipinski definition) is 1. The van der Waals surface area contributed by atoms with Crippen LogP contribution < -0.4 is 5.32 Å². The van der Waals surface area contributed by atoms with E-state index in [0.29, 0.717) is 0 Å². The minimum atomic E-state index is 0.779. The second-order valence-corrected chi connectivity index (χ2v) is 6.94. The fraction of sp³-hybridized carbons (Fsp3) is 0.647. The summed E-state index contributed by atoms with van der Waals surface area (Å²) in [4.78, 5) is 0. The van der Waals surface area contributed by atoms with Gasteiger partial charge < -0.3 is 5.32 Å². The van der Waals surface area contributed by atoms with Crippen molar-refractivity contribution >= 4 is 11.8 Å². The summed E-state index contributed by atoms with van der Waals surface area (Å²) >= 11 is 2.15. The average molecular weight is 277 g/mol. The molecule has 0 heterocycles. The van der Waals surface area contributed by atoms with Crippen LogP contribution in [-0.2, 0) is 6.42 Å². The van der Waals surface area contributed by atoms with Crippen molar-refractivity contribution in [2.24, 2.45) is 0 Å². The van der Waals surface area contributed by atoms with Gasteiger partial charge in [0.2, 0.25) is 0 Å². The first kappa shape index (κ1) is 14.9. The number of thioether (sulfide) groups is 1. The zero-order valence-corrected chi connectivity index (χ0v) is 12.9. The maximum absolute atomic E-state index is 3.78. The maximum atomic E-state index is 3.78. The number of unbranched alkanes of at least 4 members (excludes halogenated alkanes) is 1. The summed E-state index contributed by atoms with van der Waals surface area (Å²) in [7, 11) is 0. The van der Waals surface area contributed by atoms with E-state index in [9.17, 15) is 0 Å². The third-order valence-electron chi connectivity index (χ3n) is 3.97. The zero-order chi connectivity index (χ0) is 13.3. The van der Waals surface area contributed by atoms with Gasteiger partial charge in [0.1, 0.15) is 0 Å². The number of hydrogen-bond acceptors (Lipinski definition) is 2. The van der Waals surface area contributed by atoms with Gasteiger partial charge in [-0.2, -0.15) is 11.8 Å². The molecule has 2 unspecified atom stereocenters. The van der Waals surface area contributed by atoms with Gasteiger partial charge >= 0.3 is 0 Å². The lowest BCUT2D eigenvalue weighted by Gasteiger charge is -2.20. The molecule has 1 aliphatic carbocycles. The van der Waals surface area contributed by atoms with Gasteiger partial charge in [-0.25, -0.2) is 0 Å². The molecule has 1 aliphatic rings. The Morgan fingerprint density at radius 3 is 2.79 bits per heavy atom. The van der Waals surface area contributed by atoms with Crippen LogP contribution in [0, 0.1) is 0 Å². The van der Waals surface area contributed by atoms with Crippen LogP contribution in [0.3, 0.4) is 0 Å². The second kappa shape index (κ2) is 8.65. The Hall–Kier alpha value is -0.470. The molecule has 1 aromatic rings. The van der Waals surface area contributed by atoms with Crippen LogP contribution in [0.2, 0.25) is 0 Å². The van der Waals surface area contributed by atoms with Gasteiger partial charge in [-0.05, 0) is 50.0 Å². The van der Waals surface area contributed by atoms with Gasteiger partial charge in [-0.15, -0.1) is 0 Å². The topological polar surface area (TPSA) is 12.0 Å². The third kappa shape index (κ3) is 5.19. The average Bonchev–Trinajstić information content (AvgIpc) is 2.88. The second-order valence-electron chi connectivity index (χ2n) is 5.43. The molecule has 2 heteroatoms. The van der Waals surface area contributed by atoms with Gasteiger partial charge in [0, 0.05) is 11.3 Å². The fourth-order valence-corrected chi connectivity index (χ4v) is 4.19. The third-order valence-corrected chi connectivity index (χ3v) is 5.30. The van der Waals surface area contributed by atoms with Gasteiger partial charge in [0.15, 0.2) is 0 Å². The van der Waals surface area contributed by atoms with E-state index in [1.54, 1.807) is 0 Å². The largest absolute Gasteiger partial charge is 0.313 e. The standard InChI is InChI=1S/C17H27NS/c1-2-19-17-13-8-12-16(17)18-14-7-6-11-15-9-4-3-5-10-15/h3-5,9-10,16-18H,2,6-8,11-14H2,1H3. The molecule has 1 nitrogen and oxygen atoms in total. The first-order chi connectivity index (χ1) is 9.40. The highest BCUT2D eigenvalue weighted by atomic mass is 32.2. The Labute approximate surface area is 122 Å². The number of aryl methyl sites for hydroxylation is 1. The van der Waals surface area contributed by atoms with E-state index in [1.807, 2.05) is 0 Å². The van der Waals surface area contributed by atoms with Crippen molar-refractivity contribution in [2.45, 2.75) is 56.7 Å². The van der Waals surface area contributed by atoms with Crippen molar-refractivity contribution in [3.63, 3.8) is 0 Å². The quantitative estimate of drug-likeness (QED) is 0.712. The lowest BCUT2D eigenvalue weighted by molar-refractivity contribution is 0.514. The summed E-state index contributed by atoms with van der Waals surface area (Å²) in [6.45, 7) is 3.47. The number of benzene rings is 1. The predicted molar refractivity (Wildman–Crippen MR) is 86.9 cm³/mol. The van der Waals surface area contributed by atoms with Gasteiger partial charge in [-0.3, -0.25) is 0 Å². The molecule has 19 heavy (non-hydrogen) atoms. The van der Waals surface area contributed by atoms with Crippen molar-refractivity contribution in [1.29, 1.82) is 0 Å². The molecule has 0 amide bonds. The van der Waals surface area contributed by atoms with Crippen LogP contribution in [-0.4, -0.2) is 23.6 Å². The van der Waals surface area contributed by atoms with Crippen LogP contribution >= 0.6 is 11.8 Å². The molecule has 2 rings (SSSR count). The van der Waals surface area contributed by atoms with Crippen molar-refractivity contribution < 1.29 is 0 Å². The molecule has 1 N–H and O–H groups in total. The monoisotopic (exact) mass is 277 g/mol. The van der Waals surface area contributed by atoms with E-state index < -0.39 is 0 Å².